The van der Waals surface area contributed by atoms with Crippen molar-refractivity contribution in [3.05, 3.63) is 36.0 Å². The van der Waals surface area contributed by atoms with Gasteiger partial charge in [0.15, 0.2) is 0 Å². The Kier molecular flexibility index (Phi) is 11.6. The highest BCUT2D eigenvalue weighted by atomic mass is 32.2. The van der Waals surface area contributed by atoms with E-state index in [0.717, 1.165) is 10.9 Å². The Morgan fingerprint density at radius 1 is 1.03 bits per heavy atom. The Morgan fingerprint density at radius 2 is 1.68 bits per heavy atom. The quantitative estimate of drug-likeness (QED) is 0.130. The third kappa shape index (κ3) is 8.75. The zero-order valence-corrected chi connectivity index (χ0v) is 21.9. The van der Waals surface area contributed by atoms with Gasteiger partial charge in [-0.3, -0.25) is 19.2 Å². The van der Waals surface area contributed by atoms with E-state index >= 15 is 0 Å². The van der Waals surface area contributed by atoms with Crippen LogP contribution in [0.1, 0.15) is 25.3 Å². The van der Waals surface area contributed by atoms with Crippen molar-refractivity contribution in [2.24, 2.45) is 11.5 Å². The minimum atomic E-state index is -1.66. The minimum absolute atomic E-state index is 0.0322. The number of hydrogen-bond acceptors (Lipinski definition) is 8. The Labute approximate surface area is 223 Å². The summed E-state index contributed by atoms with van der Waals surface area (Å²) in [5, 5.41) is 27.4. The molecule has 38 heavy (non-hydrogen) atoms. The molecule has 0 saturated carbocycles. The highest BCUT2D eigenvalue weighted by molar-refractivity contribution is 7.98. The van der Waals surface area contributed by atoms with Crippen molar-refractivity contribution in [3.63, 3.8) is 0 Å². The molecular formula is C24H34N6O7S. The van der Waals surface area contributed by atoms with Crippen LogP contribution in [0.3, 0.4) is 0 Å². The normalized spacial score (nSPS) is 15.1. The molecule has 4 amide bonds. The van der Waals surface area contributed by atoms with Crippen LogP contribution in [-0.2, 0) is 30.4 Å². The molecule has 14 heteroatoms. The van der Waals surface area contributed by atoms with Crippen LogP contribution in [0.5, 0.6) is 0 Å². The molecule has 0 spiro atoms. The summed E-state index contributed by atoms with van der Waals surface area (Å²) in [6.07, 6.45) is 1.85. The molecular weight excluding hydrogens is 516 g/mol. The number of nitrogens with two attached hydrogens (primary N) is 2. The van der Waals surface area contributed by atoms with E-state index in [1.165, 1.54) is 18.7 Å². The number of amides is 4. The maximum Gasteiger partial charge on any atom is 0.326 e. The molecule has 208 valence electrons. The van der Waals surface area contributed by atoms with Crippen molar-refractivity contribution in [2.45, 2.75) is 56.5 Å². The van der Waals surface area contributed by atoms with Crippen LogP contribution in [0.25, 0.3) is 10.9 Å². The number of benzene rings is 1. The molecule has 0 bridgehead atoms. The lowest BCUT2D eigenvalue weighted by Crippen LogP contribution is -2.60. The molecule has 0 aliphatic heterocycles. The van der Waals surface area contributed by atoms with E-state index in [9.17, 15) is 34.2 Å². The fourth-order valence-electron chi connectivity index (χ4n) is 3.71. The fourth-order valence-corrected chi connectivity index (χ4v) is 4.20. The van der Waals surface area contributed by atoms with Crippen LogP contribution in [-0.4, -0.2) is 87.1 Å². The van der Waals surface area contributed by atoms with Gasteiger partial charge in [0.05, 0.1) is 18.6 Å². The first kappa shape index (κ1) is 30.6. The van der Waals surface area contributed by atoms with Gasteiger partial charge in [0.1, 0.15) is 18.1 Å². The number of hydrogen-bond donors (Lipinski definition) is 8. The summed E-state index contributed by atoms with van der Waals surface area (Å²) in [4.78, 5) is 64.5. The van der Waals surface area contributed by atoms with Crippen molar-refractivity contribution < 1.29 is 34.2 Å². The second kappa shape index (κ2) is 14.4. The van der Waals surface area contributed by atoms with E-state index in [4.69, 9.17) is 11.5 Å². The number of carboxylic acid groups (broad SMARTS) is 1. The van der Waals surface area contributed by atoms with Gasteiger partial charge < -0.3 is 42.6 Å². The summed E-state index contributed by atoms with van der Waals surface area (Å²) in [7, 11) is 0. The van der Waals surface area contributed by atoms with Crippen LogP contribution in [0, 0.1) is 0 Å². The average Bonchev–Trinajstić information content (AvgIpc) is 3.26. The first-order chi connectivity index (χ1) is 17.9. The van der Waals surface area contributed by atoms with Crippen LogP contribution in [0.4, 0.5) is 0 Å². The van der Waals surface area contributed by atoms with E-state index in [-0.39, 0.29) is 6.42 Å². The van der Waals surface area contributed by atoms with Gasteiger partial charge in [0, 0.05) is 23.5 Å². The number of para-hydroxylation sites is 1. The zero-order valence-electron chi connectivity index (χ0n) is 21.1. The Balaban J connectivity index is 2.27. The van der Waals surface area contributed by atoms with Gasteiger partial charge in [0.2, 0.25) is 23.6 Å². The number of nitrogens with one attached hydrogen (secondary N) is 4. The molecule has 0 saturated heterocycles. The lowest BCUT2D eigenvalue weighted by atomic mass is 10.0. The van der Waals surface area contributed by atoms with E-state index in [1.807, 2.05) is 30.5 Å². The molecule has 0 radical (unpaired) electrons. The molecule has 1 aromatic carbocycles. The predicted octanol–water partition coefficient (Wildman–Crippen LogP) is -1.41. The summed E-state index contributed by atoms with van der Waals surface area (Å²) >= 11 is 1.52. The molecule has 5 unspecified atom stereocenters. The topological polar surface area (TPSA) is 230 Å². The van der Waals surface area contributed by atoms with E-state index in [1.54, 1.807) is 6.20 Å². The smallest absolute Gasteiger partial charge is 0.326 e. The van der Waals surface area contributed by atoms with E-state index in [2.05, 4.69) is 20.9 Å². The minimum Gasteiger partial charge on any atom is -0.480 e. The summed E-state index contributed by atoms with van der Waals surface area (Å²) in [5.41, 5.74) is 12.5. The van der Waals surface area contributed by atoms with Crippen molar-refractivity contribution in [3.8, 4) is 0 Å². The SMILES string of the molecule is CSCCC(N)C(=O)NC(Cc1c[nH]c2ccccc12)C(=O)NC(C(=O)NC(CC(N)=O)C(=O)O)C(C)O. The van der Waals surface area contributed by atoms with Crippen molar-refractivity contribution in [1.29, 1.82) is 0 Å². The molecule has 5 atom stereocenters. The maximum atomic E-state index is 13.3. The molecule has 1 aromatic heterocycles. The van der Waals surface area contributed by atoms with Crippen LogP contribution < -0.4 is 27.4 Å². The van der Waals surface area contributed by atoms with Crippen LogP contribution in [0.2, 0.25) is 0 Å². The van der Waals surface area contributed by atoms with Gasteiger partial charge in [-0.1, -0.05) is 18.2 Å². The highest BCUT2D eigenvalue weighted by Crippen LogP contribution is 2.19. The van der Waals surface area contributed by atoms with Gasteiger partial charge in [0.25, 0.3) is 0 Å². The number of rotatable bonds is 15. The molecule has 2 aromatic rings. The summed E-state index contributed by atoms with van der Waals surface area (Å²) in [6, 6.07) is 2.05. The molecule has 1 heterocycles. The molecule has 2 rings (SSSR count). The number of fused-ring (bicyclic) bond motifs is 1. The summed E-state index contributed by atoms with van der Waals surface area (Å²) < 4.78 is 0. The fraction of sp³-hybridized carbons (Fsp3) is 0.458. The standard InChI is InChI=1S/C24H34N6O7S/c1-12(31)20(23(35)29-18(24(36)37)10-19(26)32)30-22(34)17(28-21(33)15(25)7-8-38-2)9-13-11-27-16-6-4-3-5-14(13)16/h3-6,11-12,15,17-18,20,27,31H,7-10,25H2,1-2H3,(H2,26,32)(H,28,33)(H,29,35)(H,30,34)(H,36,37). The van der Waals surface area contributed by atoms with E-state index < -0.39 is 66.3 Å². The van der Waals surface area contributed by atoms with Gasteiger partial charge in [-0.2, -0.15) is 11.8 Å². The number of primary amides is 1. The Morgan fingerprint density at radius 3 is 2.29 bits per heavy atom. The van der Waals surface area contributed by atoms with Gasteiger partial charge in [-0.15, -0.1) is 0 Å². The van der Waals surface area contributed by atoms with Crippen LogP contribution >= 0.6 is 11.8 Å². The van der Waals surface area contributed by atoms with Gasteiger partial charge in [-0.25, -0.2) is 4.79 Å². The number of aromatic nitrogens is 1. The largest absolute Gasteiger partial charge is 0.480 e. The number of carbonyl (C=O) groups is 5. The summed E-state index contributed by atoms with van der Waals surface area (Å²) in [5.74, 6) is -4.26. The second-order valence-electron chi connectivity index (χ2n) is 8.81. The van der Waals surface area contributed by atoms with Gasteiger partial charge >= 0.3 is 5.97 Å². The maximum absolute atomic E-state index is 13.3. The molecule has 0 aliphatic rings. The molecule has 0 aliphatic carbocycles. The third-order valence-electron chi connectivity index (χ3n) is 5.78. The number of carbonyl (C=O) groups excluding carboxylic acids is 4. The first-order valence-electron chi connectivity index (χ1n) is 11.8. The molecule has 0 fully saturated rings. The third-order valence-corrected chi connectivity index (χ3v) is 6.43. The monoisotopic (exact) mass is 550 g/mol. The highest BCUT2D eigenvalue weighted by Gasteiger charge is 2.33. The van der Waals surface area contributed by atoms with Gasteiger partial charge in [-0.05, 0) is 37.0 Å². The molecule has 10 N–H and O–H groups in total. The number of H-pyrrole nitrogens is 1. The molecule has 13 nitrogen and oxygen atoms in total. The first-order valence-corrected chi connectivity index (χ1v) is 13.2. The number of aromatic amines is 1. The lowest BCUT2D eigenvalue weighted by Gasteiger charge is -2.26. The zero-order chi connectivity index (χ0) is 28.4. The Hall–Kier alpha value is -3.62. The van der Waals surface area contributed by atoms with Crippen molar-refractivity contribution in [1.82, 2.24) is 20.9 Å². The summed E-state index contributed by atoms with van der Waals surface area (Å²) in [6.45, 7) is 1.22. The number of thioether (sulfide) groups is 1. The Bertz CT molecular complexity index is 1150. The van der Waals surface area contributed by atoms with Crippen molar-refractivity contribution in [2.75, 3.05) is 12.0 Å². The number of carboxylic acids is 1. The van der Waals surface area contributed by atoms with E-state index in [0.29, 0.717) is 17.7 Å². The predicted molar refractivity (Wildman–Crippen MR) is 142 cm³/mol. The number of aliphatic hydroxyl groups excluding tert-OH is 1. The second-order valence-corrected chi connectivity index (χ2v) is 9.80. The lowest BCUT2D eigenvalue weighted by molar-refractivity contribution is -0.144. The number of aliphatic hydroxyl groups is 1. The average molecular weight is 551 g/mol. The van der Waals surface area contributed by atoms with Crippen LogP contribution in [0.15, 0.2) is 30.5 Å². The number of aliphatic carboxylic acids is 1. The van der Waals surface area contributed by atoms with Crippen molar-refractivity contribution >= 4 is 52.3 Å².